The molecule has 134 valence electrons. The minimum absolute atomic E-state index is 0.0108. The normalized spacial score (nSPS) is 19.8. The number of fused-ring (bicyclic) bond motifs is 1. The van der Waals surface area contributed by atoms with Gasteiger partial charge in [-0.1, -0.05) is 6.58 Å². The summed E-state index contributed by atoms with van der Waals surface area (Å²) in [5, 5.41) is 3.29. The zero-order valence-corrected chi connectivity index (χ0v) is 15.0. The Balaban J connectivity index is 1.76. The summed E-state index contributed by atoms with van der Waals surface area (Å²) >= 11 is 5.87. The van der Waals surface area contributed by atoms with Crippen molar-refractivity contribution in [1.82, 2.24) is 15.2 Å². The highest BCUT2D eigenvalue weighted by molar-refractivity contribution is 6.17. The monoisotopic (exact) mass is 371 g/mol. The molecule has 2 aliphatic heterocycles. The maximum Gasteiger partial charge on any atom is 0.259 e. The van der Waals surface area contributed by atoms with Gasteiger partial charge < -0.3 is 10.2 Å². The fourth-order valence-corrected chi connectivity index (χ4v) is 3.92. The summed E-state index contributed by atoms with van der Waals surface area (Å²) < 4.78 is 15.3. The van der Waals surface area contributed by atoms with Gasteiger partial charge in [-0.05, 0) is 49.2 Å². The molecule has 6 heteroatoms. The lowest BCUT2D eigenvalue weighted by atomic mass is 10.0. The first-order chi connectivity index (χ1) is 12.6. The van der Waals surface area contributed by atoms with E-state index in [1.54, 1.807) is 35.4 Å². The summed E-state index contributed by atoms with van der Waals surface area (Å²) in [4.78, 5) is 18.7. The molecule has 1 fully saturated rings. The molecule has 0 bridgehead atoms. The fraction of sp³-hybridized carbons (Fsp3) is 0.300. The number of alkyl halides is 1. The molecule has 1 amide bonds. The van der Waals surface area contributed by atoms with E-state index in [4.69, 9.17) is 11.6 Å². The van der Waals surface area contributed by atoms with Crippen molar-refractivity contribution in [2.24, 2.45) is 0 Å². The van der Waals surface area contributed by atoms with Gasteiger partial charge in [-0.3, -0.25) is 9.78 Å². The number of pyridine rings is 1. The highest BCUT2D eigenvalue weighted by Gasteiger charge is 2.39. The first-order valence-electron chi connectivity index (χ1n) is 8.69. The van der Waals surface area contributed by atoms with Crippen LogP contribution >= 0.6 is 11.6 Å². The molecule has 26 heavy (non-hydrogen) atoms. The lowest BCUT2D eigenvalue weighted by molar-refractivity contribution is 0.0786. The molecule has 0 unspecified atom stereocenters. The highest BCUT2D eigenvalue weighted by atomic mass is 35.5. The predicted molar refractivity (Wildman–Crippen MR) is 100 cm³/mol. The third-order valence-corrected chi connectivity index (χ3v) is 5.37. The molecule has 1 aromatic heterocycles. The largest absolute Gasteiger partial charge is 0.315 e. The van der Waals surface area contributed by atoms with E-state index in [0.29, 0.717) is 34.9 Å². The SMILES string of the molecule is C=C1c2c(ccc(-c3cc(CCl)ccn3)c2F)C(=O)N1[C@@H]1CCCNC1. The van der Waals surface area contributed by atoms with Crippen LogP contribution in [0.4, 0.5) is 4.39 Å². The summed E-state index contributed by atoms with van der Waals surface area (Å²) in [5.74, 6) is -0.298. The lowest BCUT2D eigenvalue weighted by Gasteiger charge is -2.32. The molecule has 4 nitrogen and oxygen atoms in total. The van der Waals surface area contributed by atoms with Crippen molar-refractivity contribution in [2.45, 2.75) is 24.8 Å². The van der Waals surface area contributed by atoms with Crippen LogP contribution in [0.25, 0.3) is 17.0 Å². The van der Waals surface area contributed by atoms with Crippen molar-refractivity contribution >= 4 is 23.2 Å². The van der Waals surface area contributed by atoms with E-state index in [0.717, 1.165) is 24.9 Å². The smallest absolute Gasteiger partial charge is 0.259 e. The minimum Gasteiger partial charge on any atom is -0.315 e. The molecular formula is C20H19ClFN3O. The maximum atomic E-state index is 15.3. The Kier molecular flexibility index (Phi) is 4.51. The number of nitrogens with one attached hydrogen (secondary N) is 1. The summed E-state index contributed by atoms with van der Waals surface area (Å²) in [6.07, 6.45) is 3.49. The van der Waals surface area contributed by atoms with Gasteiger partial charge in [-0.15, -0.1) is 11.6 Å². The Hall–Kier alpha value is -2.24. The zero-order valence-electron chi connectivity index (χ0n) is 14.3. The number of carbonyl (C=O) groups is 1. The van der Waals surface area contributed by atoms with E-state index in [-0.39, 0.29) is 17.5 Å². The van der Waals surface area contributed by atoms with Gasteiger partial charge in [0.25, 0.3) is 5.91 Å². The molecule has 0 radical (unpaired) electrons. The molecule has 1 atom stereocenters. The number of benzene rings is 1. The molecule has 1 N–H and O–H groups in total. The zero-order chi connectivity index (χ0) is 18.3. The summed E-state index contributed by atoms with van der Waals surface area (Å²) in [7, 11) is 0. The Morgan fingerprint density at radius 1 is 1.35 bits per heavy atom. The van der Waals surface area contributed by atoms with Crippen LogP contribution in [0.2, 0.25) is 0 Å². The first kappa shape index (κ1) is 17.2. The Labute approximate surface area is 156 Å². The van der Waals surface area contributed by atoms with Crippen LogP contribution in [0.1, 0.15) is 34.3 Å². The second-order valence-electron chi connectivity index (χ2n) is 6.65. The van der Waals surface area contributed by atoms with Gasteiger partial charge >= 0.3 is 0 Å². The number of carbonyl (C=O) groups excluding carboxylic acids is 1. The Morgan fingerprint density at radius 2 is 2.15 bits per heavy atom. The third-order valence-electron chi connectivity index (χ3n) is 5.06. The van der Waals surface area contributed by atoms with Gasteiger partial charge in [0.15, 0.2) is 0 Å². The molecule has 0 spiro atoms. The topological polar surface area (TPSA) is 45.2 Å². The van der Waals surface area contributed by atoms with E-state index in [2.05, 4.69) is 16.9 Å². The molecule has 1 aromatic carbocycles. The first-order valence-corrected chi connectivity index (χ1v) is 9.22. The van der Waals surface area contributed by atoms with Crippen molar-refractivity contribution in [3.63, 3.8) is 0 Å². The van der Waals surface area contributed by atoms with E-state index in [1.807, 2.05) is 0 Å². The quantitative estimate of drug-likeness (QED) is 0.834. The van der Waals surface area contributed by atoms with E-state index in [1.165, 1.54) is 0 Å². The van der Waals surface area contributed by atoms with Crippen LogP contribution < -0.4 is 5.32 Å². The van der Waals surface area contributed by atoms with Gasteiger partial charge in [0.2, 0.25) is 0 Å². The average molecular weight is 372 g/mol. The van der Waals surface area contributed by atoms with Crippen LogP contribution in [0.15, 0.2) is 37.0 Å². The molecule has 2 aromatic rings. The van der Waals surface area contributed by atoms with Gasteiger partial charge in [0.1, 0.15) is 5.82 Å². The molecule has 3 heterocycles. The third kappa shape index (κ3) is 2.72. The van der Waals surface area contributed by atoms with Crippen LogP contribution in [0.5, 0.6) is 0 Å². The van der Waals surface area contributed by atoms with E-state index >= 15 is 4.39 Å². The number of halogens is 2. The maximum absolute atomic E-state index is 15.3. The number of aromatic nitrogens is 1. The van der Waals surface area contributed by atoms with Crippen LogP contribution in [0, 0.1) is 5.82 Å². The predicted octanol–water partition coefficient (Wildman–Crippen LogP) is 3.81. The van der Waals surface area contributed by atoms with Crippen LogP contribution in [-0.4, -0.2) is 34.9 Å². The van der Waals surface area contributed by atoms with Crippen molar-refractivity contribution in [2.75, 3.05) is 13.1 Å². The molecule has 2 aliphatic rings. The molecule has 0 aliphatic carbocycles. The summed E-state index contributed by atoms with van der Waals surface area (Å²) in [6.45, 7) is 5.67. The molecular weight excluding hydrogens is 353 g/mol. The Bertz CT molecular complexity index is 893. The second kappa shape index (κ2) is 6.82. The number of piperidine rings is 1. The van der Waals surface area contributed by atoms with Crippen molar-refractivity contribution < 1.29 is 9.18 Å². The van der Waals surface area contributed by atoms with Crippen molar-refractivity contribution in [1.29, 1.82) is 0 Å². The lowest BCUT2D eigenvalue weighted by Crippen LogP contribution is -2.45. The van der Waals surface area contributed by atoms with Gasteiger partial charge in [-0.2, -0.15) is 0 Å². The van der Waals surface area contributed by atoms with Gasteiger partial charge in [-0.25, -0.2) is 4.39 Å². The minimum atomic E-state index is -0.452. The van der Waals surface area contributed by atoms with Gasteiger partial charge in [0, 0.05) is 41.5 Å². The number of nitrogens with zero attached hydrogens (tertiary/aromatic N) is 2. The number of hydrogen-bond donors (Lipinski definition) is 1. The van der Waals surface area contributed by atoms with Crippen molar-refractivity contribution in [3.05, 3.63) is 59.5 Å². The van der Waals surface area contributed by atoms with Gasteiger partial charge in [0.05, 0.1) is 11.3 Å². The average Bonchev–Trinajstić information content (AvgIpc) is 2.94. The molecule has 0 saturated carbocycles. The standard InChI is InChI=1S/C20H19ClFN3O/c1-12-18-16(20(26)25(12)14-3-2-7-23-11-14)5-4-15(19(18)22)17-9-13(10-21)6-8-24-17/h4-6,8-9,14,23H,1-3,7,10-11H2/t14-/m1/s1. The number of amides is 1. The number of hydrogen-bond acceptors (Lipinski definition) is 3. The molecule has 1 saturated heterocycles. The summed E-state index contributed by atoms with van der Waals surface area (Å²) in [5.41, 5.74) is 2.81. The van der Waals surface area contributed by atoms with E-state index in [9.17, 15) is 4.79 Å². The fourth-order valence-electron chi connectivity index (χ4n) is 3.75. The van der Waals surface area contributed by atoms with Crippen LogP contribution in [-0.2, 0) is 5.88 Å². The number of rotatable bonds is 3. The van der Waals surface area contributed by atoms with Crippen LogP contribution in [0.3, 0.4) is 0 Å². The van der Waals surface area contributed by atoms with E-state index < -0.39 is 5.82 Å². The van der Waals surface area contributed by atoms with Crippen molar-refractivity contribution in [3.8, 4) is 11.3 Å². The summed E-state index contributed by atoms with van der Waals surface area (Å²) in [6, 6.07) is 6.86. The Morgan fingerprint density at radius 3 is 2.88 bits per heavy atom. The molecule has 4 rings (SSSR count). The highest BCUT2D eigenvalue weighted by Crippen LogP contribution is 2.39. The second-order valence-corrected chi connectivity index (χ2v) is 6.92.